The molecule has 0 aromatic heterocycles. The minimum atomic E-state index is -2.41. The fourth-order valence-electron chi connectivity index (χ4n) is 0.853. The molecule has 7 heteroatoms. The first-order chi connectivity index (χ1) is 5.24. The van der Waals surface area contributed by atoms with Crippen LogP contribution in [-0.4, -0.2) is 46.1 Å². The first-order valence-electron chi connectivity index (χ1n) is 3.47. The first kappa shape index (κ1) is 25.5. The normalized spacial score (nSPS) is 7.73. The van der Waals surface area contributed by atoms with Gasteiger partial charge in [0.15, 0.2) is 0 Å². The molecular formula is C8H9Cl2Mg2O2P. The third-order valence-corrected chi connectivity index (χ3v) is 2.28. The van der Waals surface area contributed by atoms with Gasteiger partial charge >= 0.3 is 46.1 Å². The molecule has 1 aromatic carbocycles. The summed E-state index contributed by atoms with van der Waals surface area (Å²) in [6.07, 6.45) is 0.940. The molecule has 0 amide bonds. The maximum atomic E-state index is 10.4. The van der Waals surface area contributed by atoms with Crippen molar-refractivity contribution in [1.82, 2.24) is 0 Å². The molecule has 0 fully saturated rings. The van der Waals surface area contributed by atoms with Crippen LogP contribution in [-0.2, 0) is 6.42 Å². The minimum absolute atomic E-state index is 0. The zero-order chi connectivity index (χ0) is 8.27. The summed E-state index contributed by atoms with van der Waals surface area (Å²) in [6, 6.07) is 6.93. The molecule has 1 rings (SSSR count). The van der Waals surface area contributed by atoms with Crippen molar-refractivity contribution in [2.75, 3.05) is 0 Å². The molecular weight excluding hydrogens is 279 g/mol. The Hall–Kier alpha value is 1.68. The summed E-state index contributed by atoms with van der Waals surface area (Å²) >= 11 is 0. The summed E-state index contributed by atoms with van der Waals surface area (Å²) in [5.41, 5.74) is 1.16. The quantitative estimate of drug-likeness (QED) is 0.401. The van der Waals surface area contributed by atoms with Gasteiger partial charge in [-0.1, -0.05) is 36.5 Å². The summed E-state index contributed by atoms with van der Waals surface area (Å²) in [5, 5.41) is 0.386. The topological polar surface area (TPSA) is 46.1 Å². The van der Waals surface area contributed by atoms with Crippen LogP contribution in [0, 0.1) is 0 Å². The SMILES string of the molecule is CCc1ccc(P([O-])[O-])cc1.[Cl-].[Cl-].[Mg+2].[Mg+2]. The minimum Gasteiger partial charge on any atom is -1.00 e. The van der Waals surface area contributed by atoms with Crippen LogP contribution in [0.2, 0.25) is 0 Å². The Kier molecular flexibility index (Phi) is 23.4. The third-order valence-electron chi connectivity index (χ3n) is 1.56. The van der Waals surface area contributed by atoms with Crippen LogP contribution in [0.15, 0.2) is 24.3 Å². The molecule has 0 saturated heterocycles. The van der Waals surface area contributed by atoms with E-state index in [-0.39, 0.29) is 70.9 Å². The molecule has 0 spiro atoms. The zero-order valence-corrected chi connectivity index (χ0v) is 13.7. The first-order valence-corrected chi connectivity index (χ1v) is 4.65. The van der Waals surface area contributed by atoms with Crippen LogP contribution >= 0.6 is 8.38 Å². The zero-order valence-electron chi connectivity index (χ0n) is 8.45. The van der Waals surface area contributed by atoms with Gasteiger partial charge in [0.2, 0.25) is 0 Å². The summed E-state index contributed by atoms with van der Waals surface area (Å²) in [5.74, 6) is 0. The number of aryl methyl sites for hydroxylation is 1. The van der Waals surface area contributed by atoms with Crippen LogP contribution < -0.4 is 39.9 Å². The van der Waals surface area contributed by atoms with Crippen LogP contribution in [0.1, 0.15) is 12.5 Å². The van der Waals surface area contributed by atoms with E-state index in [1.807, 2.05) is 19.1 Å². The molecule has 0 bridgehead atoms. The van der Waals surface area contributed by atoms with Crippen molar-refractivity contribution in [2.24, 2.45) is 0 Å². The molecule has 0 atom stereocenters. The van der Waals surface area contributed by atoms with Crippen molar-refractivity contribution in [3.63, 3.8) is 0 Å². The van der Waals surface area contributed by atoms with Crippen LogP contribution in [0.3, 0.4) is 0 Å². The largest absolute Gasteiger partial charge is 2.00 e. The van der Waals surface area contributed by atoms with Gasteiger partial charge in [-0.25, -0.2) is 0 Å². The predicted octanol–water partition coefficient (Wildman–Crippen LogP) is -6.85. The van der Waals surface area contributed by atoms with E-state index < -0.39 is 8.38 Å². The fraction of sp³-hybridized carbons (Fsp3) is 0.250. The molecule has 0 heterocycles. The number of hydrogen-bond acceptors (Lipinski definition) is 2. The fourth-order valence-corrected chi connectivity index (χ4v) is 1.25. The molecule has 2 nitrogen and oxygen atoms in total. The van der Waals surface area contributed by atoms with Crippen molar-refractivity contribution < 1.29 is 34.6 Å². The van der Waals surface area contributed by atoms with Gasteiger partial charge in [-0.15, -0.1) is 0 Å². The molecule has 0 saturated carbocycles. The number of rotatable bonds is 2. The van der Waals surface area contributed by atoms with Crippen molar-refractivity contribution in [2.45, 2.75) is 13.3 Å². The average molecular weight is 288 g/mol. The van der Waals surface area contributed by atoms with Gasteiger partial charge in [0.1, 0.15) is 0 Å². The van der Waals surface area contributed by atoms with E-state index >= 15 is 0 Å². The Labute approximate surface area is 136 Å². The van der Waals surface area contributed by atoms with Crippen LogP contribution in [0.25, 0.3) is 0 Å². The second-order valence-corrected chi connectivity index (χ2v) is 3.31. The molecule has 76 valence electrons. The number of hydrogen-bond donors (Lipinski definition) is 0. The summed E-state index contributed by atoms with van der Waals surface area (Å²) < 4.78 is 0. The number of halogens is 2. The second kappa shape index (κ2) is 13.7. The van der Waals surface area contributed by atoms with E-state index in [1.54, 1.807) is 12.1 Å². The molecule has 0 aliphatic rings. The summed E-state index contributed by atoms with van der Waals surface area (Å²) in [4.78, 5) is 20.9. The molecule has 0 radical (unpaired) electrons. The average Bonchev–Trinajstić information content (AvgIpc) is 2.05. The van der Waals surface area contributed by atoms with Gasteiger partial charge in [-0.3, -0.25) is 8.38 Å². The van der Waals surface area contributed by atoms with Gasteiger partial charge in [-0.2, -0.15) is 0 Å². The predicted molar refractivity (Wildman–Crippen MR) is 53.9 cm³/mol. The van der Waals surface area contributed by atoms with Gasteiger partial charge < -0.3 is 34.6 Å². The monoisotopic (exact) mass is 286 g/mol. The molecule has 1 aromatic rings. The van der Waals surface area contributed by atoms with E-state index in [9.17, 15) is 9.79 Å². The van der Waals surface area contributed by atoms with E-state index in [2.05, 4.69) is 0 Å². The Bertz CT molecular complexity index is 235. The Balaban J connectivity index is -0.000000151. The molecule has 15 heavy (non-hydrogen) atoms. The summed E-state index contributed by atoms with van der Waals surface area (Å²) in [6.45, 7) is 2.03. The number of benzene rings is 1. The van der Waals surface area contributed by atoms with E-state index in [4.69, 9.17) is 0 Å². The summed E-state index contributed by atoms with van der Waals surface area (Å²) in [7, 11) is -2.41. The van der Waals surface area contributed by atoms with Crippen molar-refractivity contribution in [1.29, 1.82) is 0 Å². The maximum absolute atomic E-state index is 10.4. The Morgan fingerprint density at radius 3 is 1.67 bits per heavy atom. The van der Waals surface area contributed by atoms with E-state index in [0.717, 1.165) is 12.0 Å². The second-order valence-electron chi connectivity index (χ2n) is 2.28. The van der Waals surface area contributed by atoms with Crippen LogP contribution in [0.4, 0.5) is 0 Å². The van der Waals surface area contributed by atoms with Crippen molar-refractivity contribution in [3.05, 3.63) is 29.8 Å². The van der Waals surface area contributed by atoms with Gasteiger partial charge in [0, 0.05) is 0 Å². The van der Waals surface area contributed by atoms with Crippen molar-refractivity contribution in [3.8, 4) is 0 Å². The molecule has 0 aliphatic heterocycles. The smallest absolute Gasteiger partial charge is 1.00 e. The van der Waals surface area contributed by atoms with E-state index in [0.29, 0.717) is 5.30 Å². The van der Waals surface area contributed by atoms with Crippen molar-refractivity contribution >= 4 is 59.8 Å². The molecule has 0 aliphatic carbocycles. The van der Waals surface area contributed by atoms with Crippen LogP contribution in [0.5, 0.6) is 0 Å². The Morgan fingerprint density at radius 1 is 1.00 bits per heavy atom. The van der Waals surface area contributed by atoms with Gasteiger partial charge in [-0.05, 0) is 12.0 Å². The molecule has 0 unspecified atom stereocenters. The maximum Gasteiger partial charge on any atom is 2.00 e. The van der Waals surface area contributed by atoms with E-state index in [1.165, 1.54) is 0 Å². The van der Waals surface area contributed by atoms with Gasteiger partial charge in [0.25, 0.3) is 0 Å². The molecule has 0 N–H and O–H groups in total. The van der Waals surface area contributed by atoms with Gasteiger partial charge in [0.05, 0.1) is 0 Å². The third kappa shape index (κ3) is 9.39. The standard InChI is InChI=1S/C8H9O2P.2ClH.2Mg/c1-2-7-3-5-8(6-4-7)11(9)10;;;;/h3-6H,2H2,1H3;2*1H;;/q-2;;;2*+2/p-2. The Morgan fingerprint density at radius 2 is 1.40 bits per heavy atom.